The molecular weight excluding hydrogens is 302 g/mol. The number of carbonyl (C=O) groups excluding carboxylic acids is 1. The fraction of sp³-hybridized carbons (Fsp3) is 0.444. The quantitative estimate of drug-likeness (QED) is 0.916. The number of carbonyl (C=O) groups is 1. The zero-order chi connectivity index (χ0) is 17.7. The Balaban J connectivity index is 2.02. The van der Waals surface area contributed by atoms with Crippen LogP contribution in [0, 0.1) is 17.2 Å². The number of amides is 1. The molecule has 0 aliphatic heterocycles. The average Bonchev–Trinajstić information content (AvgIpc) is 3.05. The first-order valence-electron chi connectivity index (χ1n) is 8.04. The molecule has 6 nitrogen and oxygen atoms in total. The van der Waals surface area contributed by atoms with Crippen LogP contribution in [0.25, 0.3) is 5.69 Å². The molecule has 0 saturated heterocycles. The second-order valence-corrected chi connectivity index (χ2v) is 6.77. The Kier molecular flexibility index (Phi) is 5.35. The van der Waals surface area contributed by atoms with Gasteiger partial charge in [0.15, 0.2) is 0 Å². The maximum Gasteiger partial charge on any atom is 0.237 e. The lowest BCUT2D eigenvalue weighted by Crippen LogP contribution is -2.29. The molecule has 0 spiro atoms. The van der Waals surface area contributed by atoms with Crippen LogP contribution in [-0.2, 0) is 16.8 Å². The van der Waals surface area contributed by atoms with Gasteiger partial charge in [-0.05, 0) is 24.1 Å². The molecular formula is C18H23N5O. The van der Waals surface area contributed by atoms with Crippen molar-refractivity contribution < 1.29 is 4.79 Å². The summed E-state index contributed by atoms with van der Waals surface area (Å²) in [6.45, 7) is 8.52. The first-order valence-corrected chi connectivity index (χ1v) is 8.04. The summed E-state index contributed by atoms with van der Waals surface area (Å²) >= 11 is 0. The first-order chi connectivity index (χ1) is 11.3. The maximum atomic E-state index is 11.8. The van der Waals surface area contributed by atoms with Gasteiger partial charge in [-0.1, -0.05) is 45.0 Å². The summed E-state index contributed by atoms with van der Waals surface area (Å²) in [5, 5.41) is 20.0. The summed E-state index contributed by atoms with van der Waals surface area (Å²) in [6, 6.07) is 9.74. The van der Waals surface area contributed by atoms with E-state index in [9.17, 15) is 4.79 Å². The van der Waals surface area contributed by atoms with E-state index in [1.54, 1.807) is 4.68 Å². The van der Waals surface area contributed by atoms with Gasteiger partial charge >= 0.3 is 0 Å². The van der Waals surface area contributed by atoms with E-state index >= 15 is 0 Å². The van der Waals surface area contributed by atoms with Gasteiger partial charge in [-0.2, -0.15) is 5.26 Å². The molecule has 1 N–H and O–H groups in total. The van der Waals surface area contributed by atoms with E-state index in [1.165, 1.54) is 0 Å². The molecule has 0 fully saturated rings. The van der Waals surface area contributed by atoms with E-state index in [0.29, 0.717) is 13.0 Å². The van der Waals surface area contributed by atoms with Gasteiger partial charge in [0.2, 0.25) is 5.91 Å². The molecule has 0 radical (unpaired) electrons. The molecule has 24 heavy (non-hydrogen) atoms. The highest BCUT2D eigenvalue weighted by atomic mass is 16.1. The fourth-order valence-corrected chi connectivity index (χ4v) is 2.15. The van der Waals surface area contributed by atoms with Crippen LogP contribution in [0.15, 0.2) is 30.5 Å². The Morgan fingerprint density at radius 2 is 2.00 bits per heavy atom. The Bertz CT molecular complexity index is 734. The highest BCUT2D eigenvalue weighted by Gasteiger charge is 2.18. The molecule has 1 heterocycles. The largest absolute Gasteiger partial charge is 0.351 e. The van der Waals surface area contributed by atoms with Crippen molar-refractivity contribution in [3.8, 4) is 11.8 Å². The Morgan fingerprint density at radius 3 is 2.50 bits per heavy atom. The van der Waals surface area contributed by atoms with Crippen molar-refractivity contribution >= 4 is 5.91 Å². The molecule has 1 aromatic heterocycles. The Morgan fingerprint density at radius 1 is 1.33 bits per heavy atom. The molecule has 1 amide bonds. The smallest absolute Gasteiger partial charge is 0.237 e. The molecule has 1 atom stereocenters. The van der Waals surface area contributed by atoms with E-state index in [-0.39, 0.29) is 11.3 Å². The van der Waals surface area contributed by atoms with Crippen molar-refractivity contribution in [1.29, 1.82) is 5.26 Å². The minimum Gasteiger partial charge on any atom is -0.351 e. The van der Waals surface area contributed by atoms with Crippen molar-refractivity contribution in [1.82, 2.24) is 20.3 Å². The van der Waals surface area contributed by atoms with Crippen LogP contribution in [0.4, 0.5) is 0 Å². The third-order valence-electron chi connectivity index (χ3n) is 3.81. The first kappa shape index (κ1) is 17.7. The molecule has 6 heteroatoms. The summed E-state index contributed by atoms with van der Waals surface area (Å²) in [7, 11) is 0. The van der Waals surface area contributed by atoms with Gasteiger partial charge in [-0.25, -0.2) is 4.68 Å². The lowest BCUT2D eigenvalue weighted by molar-refractivity contribution is -0.123. The zero-order valence-corrected chi connectivity index (χ0v) is 14.6. The number of hydrogen-bond donors (Lipinski definition) is 1. The van der Waals surface area contributed by atoms with Gasteiger partial charge in [0.05, 0.1) is 23.6 Å². The lowest BCUT2D eigenvalue weighted by Gasteiger charge is -2.13. The third-order valence-corrected chi connectivity index (χ3v) is 3.81. The second-order valence-electron chi connectivity index (χ2n) is 6.77. The summed E-state index contributed by atoms with van der Waals surface area (Å²) in [5.74, 6) is -0.814. The van der Waals surface area contributed by atoms with Gasteiger partial charge in [0, 0.05) is 12.0 Å². The molecule has 1 aromatic carbocycles. The van der Waals surface area contributed by atoms with Crippen LogP contribution in [0.1, 0.15) is 45.4 Å². The fourth-order valence-electron chi connectivity index (χ4n) is 2.15. The van der Waals surface area contributed by atoms with E-state index in [2.05, 4.69) is 36.4 Å². The number of benzene rings is 1. The van der Waals surface area contributed by atoms with Gasteiger partial charge in [0.25, 0.3) is 0 Å². The van der Waals surface area contributed by atoms with Gasteiger partial charge in [-0.15, -0.1) is 5.10 Å². The van der Waals surface area contributed by atoms with Crippen LogP contribution in [0.3, 0.4) is 0 Å². The number of rotatable bonds is 5. The maximum absolute atomic E-state index is 11.8. The van der Waals surface area contributed by atoms with Crippen molar-refractivity contribution in [2.45, 2.75) is 46.1 Å². The second kappa shape index (κ2) is 7.26. The monoisotopic (exact) mass is 325 g/mol. The third kappa shape index (κ3) is 4.19. The van der Waals surface area contributed by atoms with Crippen LogP contribution >= 0.6 is 0 Å². The van der Waals surface area contributed by atoms with E-state index in [1.807, 2.05) is 43.5 Å². The highest BCUT2D eigenvalue weighted by Crippen LogP contribution is 2.20. The van der Waals surface area contributed by atoms with Crippen LogP contribution in [-0.4, -0.2) is 20.9 Å². The summed E-state index contributed by atoms with van der Waals surface area (Å²) in [5.41, 5.74) is 2.77. The van der Waals surface area contributed by atoms with Crippen molar-refractivity contribution in [3.63, 3.8) is 0 Å². The minimum atomic E-state index is -0.588. The highest BCUT2D eigenvalue weighted by molar-refractivity contribution is 5.80. The number of nitriles is 1. The SMILES string of the molecule is CCC(C#N)C(=O)NCc1ccc(-n2cc(C(C)(C)C)nn2)cc1. The molecule has 0 aliphatic carbocycles. The van der Waals surface area contributed by atoms with Gasteiger partial charge in [0.1, 0.15) is 5.92 Å². The van der Waals surface area contributed by atoms with Gasteiger partial charge in [-0.3, -0.25) is 4.79 Å². The van der Waals surface area contributed by atoms with Gasteiger partial charge < -0.3 is 5.32 Å². The zero-order valence-electron chi connectivity index (χ0n) is 14.6. The number of hydrogen-bond acceptors (Lipinski definition) is 4. The van der Waals surface area contributed by atoms with Crippen LogP contribution in [0.5, 0.6) is 0 Å². The van der Waals surface area contributed by atoms with E-state index < -0.39 is 5.92 Å². The summed E-state index contributed by atoms with van der Waals surface area (Å²) in [4.78, 5) is 11.8. The Hall–Kier alpha value is -2.68. The molecule has 0 aliphatic rings. The summed E-state index contributed by atoms with van der Waals surface area (Å²) < 4.78 is 1.74. The van der Waals surface area contributed by atoms with Crippen molar-refractivity contribution in [2.24, 2.45) is 5.92 Å². The van der Waals surface area contributed by atoms with E-state index in [4.69, 9.17) is 5.26 Å². The molecule has 0 bridgehead atoms. The topological polar surface area (TPSA) is 83.6 Å². The Labute approximate surface area is 142 Å². The average molecular weight is 325 g/mol. The van der Waals surface area contributed by atoms with Crippen molar-refractivity contribution in [2.75, 3.05) is 0 Å². The van der Waals surface area contributed by atoms with Crippen LogP contribution in [0.2, 0.25) is 0 Å². The molecule has 2 rings (SSSR count). The van der Waals surface area contributed by atoms with Crippen molar-refractivity contribution in [3.05, 3.63) is 41.7 Å². The number of nitrogens with zero attached hydrogens (tertiary/aromatic N) is 4. The molecule has 1 unspecified atom stereocenters. The van der Waals surface area contributed by atoms with E-state index in [0.717, 1.165) is 16.9 Å². The number of aromatic nitrogens is 3. The summed E-state index contributed by atoms with van der Waals surface area (Å²) in [6.07, 6.45) is 2.44. The molecule has 0 saturated carbocycles. The molecule has 2 aromatic rings. The normalized spacial score (nSPS) is 12.5. The predicted octanol–water partition coefficient (Wildman–Crippen LogP) is 2.73. The predicted molar refractivity (Wildman–Crippen MR) is 91.3 cm³/mol. The number of nitrogens with one attached hydrogen (secondary N) is 1. The lowest BCUT2D eigenvalue weighted by atomic mass is 9.93. The minimum absolute atomic E-state index is 0.0426. The molecule has 126 valence electrons. The standard InChI is InChI=1S/C18H23N5O/c1-5-14(10-19)17(24)20-11-13-6-8-15(9-7-13)23-12-16(21-22-23)18(2,3)4/h6-9,12,14H,5,11H2,1-4H3,(H,20,24). The van der Waals surface area contributed by atoms with Crippen LogP contribution < -0.4 is 5.32 Å².